The number of rotatable bonds is 9. The van der Waals surface area contributed by atoms with Crippen molar-refractivity contribution in [3.8, 4) is 0 Å². The van der Waals surface area contributed by atoms with Gasteiger partial charge >= 0.3 is 105 Å². The van der Waals surface area contributed by atoms with Gasteiger partial charge in [0, 0.05) is 0 Å². The van der Waals surface area contributed by atoms with E-state index in [4.69, 9.17) is 13.0 Å². The summed E-state index contributed by atoms with van der Waals surface area (Å²) in [4.78, 5) is 0. The number of unbranched alkanes of at least 4 members (excludes halogenated alkanes) is 2. The van der Waals surface area contributed by atoms with Crippen LogP contribution in [0, 0.1) is 0 Å². The zero-order chi connectivity index (χ0) is 10.8. The first-order valence-corrected chi connectivity index (χ1v) is 15.8. The van der Waals surface area contributed by atoms with E-state index in [-0.39, 0.29) is 0 Å². The molecule has 0 aliphatic rings. The average molecular weight is 407 g/mol. The maximum absolute atomic E-state index is 6.20. The van der Waals surface area contributed by atoms with E-state index in [1.807, 2.05) is 7.11 Å². The van der Waals surface area contributed by atoms with Gasteiger partial charge < -0.3 is 0 Å². The molecule has 0 N–H and O–H groups in total. The predicted octanol–water partition coefficient (Wildman–Crippen LogP) is 4.41. The zero-order valence-electron chi connectivity index (χ0n) is 9.89. The van der Waals surface area contributed by atoms with Gasteiger partial charge in [-0.3, -0.25) is 0 Å². The van der Waals surface area contributed by atoms with Crippen molar-refractivity contribution < 1.29 is 28.1 Å². The predicted molar refractivity (Wildman–Crippen MR) is 59.5 cm³/mol. The summed E-state index contributed by atoms with van der Waals surface area (Å²) in [6.45, 7) is 4.48. The van der Waals surface area contributed by atoms with Crippen molar-refractivity contribution in [1.29, 1.82) is 0 Å². The van der Waals surface area contributed by atoms with Gasteiger partial charge in [-0.15, -0.1) is 0 Å². The summed E-state index contributed by atoms with van der Waals surface area (Å²) in [5.74, 6) is 0. The van der Waals surface area contributed by atoms with E-state index in [1.54, 1.807) is 0 Å². The first-order chi connectivity index (χ1) is 6.79. The number of hydrogen-bond acceptors (Lipinski definition) is 1. The Kier molecular flexibility index (Phi) is 11.6. The first-order valence-electron chi connectivity index (χ1n) is 5.88. The molecule has 3 heteroatoms. The van der Waals surface area contributed by atoms with E-state index in [9.17, 15) is 0 Å². The van der Waals surface area contributed by atoms with Crippen LogP contribution in [0.1, 0.15) is 52.4 Å². The number of ether oxygens (including phenoxy) is 1. The summed E-state index contributed by atoms with van der Waals surface area (Å²) in [6, 6.07) is 0. The van der Waals surface area contributed by atoms with Crippen LogP contribution in [0.4, 0.5) is 0 Å². The quantitative estimate of drug-likeness (QED) is 0.515. The van der Waals surface area contributed by atoms with Crippen LogP contribution in [0.15, 0.2) is 0 Å². The second-order valence-corrected chi connectivity index (χ2v) is 12.0. The molecule has 2 atom stereocenters. The molecule has 0 fully saturated rings. The van der Waals surface area contributed by atoms with Gasteiger partial charge in [0.05, 0.1) is 0 Å². The third kappa shape index (κ3) is 6.63. The summed E-state index contributed by atoms with van der Waals surface area (Å²) >= 11 is -1.13. The van der Waals surface area contributed by atoms with Gasteiger partial charge in [-0.25, -0.2) is 0 Å². The Morgan fingerprint density at radius 3 is 2.14 bits per heavy atom. The van der Waals surface area contributed by atoms with Crippen LogP contribution >= 0.6 is 8.25 Å². The first kappa shape index (κ1) is 15.2. The van der Waals surface area contributed by atoms with Crippen molar-refractivity contribution in [2.45, 2.75) is 61.9 Å². The minimum atomic E-state index is -1.13. The Morgan fingerprint density at radius 1 is 1.14 bits per heavy atom. The monoisotopic (exact) mass is 408 g/mol. The molecule has 0 saturated heterocycles. The van der Waals surface area contributed by atoms with Crippen LogP contribution in [0.5, 0.6) is 0 Å². The molecule has 0 heterocycles. The molecule has 0 aromatic rings. The summed E-state index contributed by atoms with van der Waals surface area (Å²) in [5, 5.41) is 0. The van der Waals surface area contributed by atoms with Crippen molar-refractivity contribution >= 4 is 8.25 Å². The van der Waals surface area contributed by atoms with Crippen molar-refractivity contribution in [2.24, 2.45) is 0 Å². The van der Waals surface area contributed by atoms with E-state index in [2.05, 4.69) is 13.8 Å². The van der Waals surface area contributed by atoms with Gasteiger partial charge in [-0.05, 0) is 0 Å². The molecular formula is C11H23ClHgO. The van der Waals surface area contributed by atoms with Gasteiger partial charge in [0.2, 0.25) is 0 Å². The second-order valence-electron chi connectivity index (χ2n) is 3.97. The van der Waals surface area contributed by atoms with E-state index < -0.39 is 23.3 Å². The Balaban J connectivity index is 3.87. The van der Waals surface area contributed by atoms with Gasteiger partial charge in [-0.2, -0.15) is 0 Å². The van der Waals surface area contributed by atoms with Crippen molar-refractivity contribution in [2.75, 3.05) is 7.11 Å². The SMILES string of the molecule is CCCCC(OC)[CH](CCCC)[Hg][Cl]. The molecule has 0 aromatic heterocycles. The standard InChI is InChI=1S/C11H23O.ClH.Hg/c1-4-6-8-10-11(12-3)9-7-5-2;;/h10-11H,4-9H2,1-3H3;1H;/q;;+1/p-1. The summed E-state index contributed by atoms with van der Waals surface area (Å²) in [6.07, 6.45) is 8.15. The van der Waals surface area contributed by atoms with Crippen LogP contribution in [0.3, 0.4) is 0 Å². The maximum atomic E-state index is 6.20. The fourth-order valence-electron chi connectivity index (χ4n) is 1.78. The molecular weight excluding hydrogens is 384 g/mol. The van der Waals surface area contributed by atoms with Gasteiger partial charge in [-0.1, -0.05) is 0 Å². The van der Waals surface area contributed by atoms with Gasteiger partial charge in [0.25, 0.3) is 0 Å². The normalized spacial score (nSPS) is 14.9. The van der Waals surface area contributed by atoms with E-state index in [1.165, 1.54) is 38.5 Å². The minimum absolute atomic E-state index is 0.473. The molecule has 2 unspecified atom stereocenters. The Morgan fingerprint density at radius 2 is 1.71 bits per heavy atom. The summed E-state index contributed by atoms with van der Waals surface area (Å²) < 4.78 is 6.35. The van der Waals surface area contributed by atoms with E-state index in [0.717, 1.165) is 3.43 Å². The van der Waals surface area contributed by atoms with E-state index in [0.29, 0.717) is 6.10 Å². The Hall–Kier alpha value is 1.19. The molecule has 0 saturated carbocycles. The van der Waals surface area contributed by atoms with Crippen molar-refractivity contribution in [3.63, 3.8) is 0 Å². The number of methoxy groups -OCH3 is 1. The molecule has 0 bridgehead atoms. The number of hydrogen-bond donors (Lipinski definition) is 0. The molecule has 0 aliphatic carbocycles. The molecule has 0 aromatic carbocycles. The molecule has 1 nitrogen and oxygen atoms in total. The summed E-state index contributed by atoms with van der Waals surface area (Å²) in [7, 11) is 8.04. The van der Waals surface area contributed by atoms with Crippen LogP contribution in [-0.4, -0.2) is 13.2 Å². The fraction of sp³-hybridized carbons (Fsp3) is 1.00. The van der Waals surface area contributed by atoms with Crippen molar-refractivity contribution in [3.05, 3.63) is 0 Å². The topological polar surface area (TPSA) is 9.23 Å². The molecule has 0 radical (unpaired) electrons. The Bertz CT molecular complexity index is 108. The average Bonchev–Trinajstić information content (AvgIpc) is 2.23. The van der Waals surface area contributed by atoms with Gasteiger partial charge in [0.15, 0.2) is 0 Å². The van der Waals surface area contributed by atoms with Crippen LogP contribution < -0.4 is 0 Å². The third-order valence-electron chi connectivity index (χ3n) is 2.80. The van der Waals surface area contributed by atoms with Crippen LogP contribution in [-0.2, 0) is 28.1 Å². The van der Waals surface area contributed by atoms with Crippen LogP contribution in [0.2, 0.25) is 3.43 Å². The van der Waals surface area contributed by atoms with E-state index >= 15 is 0 Å². The molecule has 82 valence electrons. The molecule has 14 heavy (non-hydrogen) atoms. The molecule has 0 amide bonds. The number of halogens is 1. The van der Waals surface area contributed by atoms with Crippen molar-refractivity contribution in [1.82, 2.24) is 0 Å². The van der Waals surface area contributed by atoms with Crippen LogP contribution in [0.25, 0.3) is 0 Å². The molecule has 0 aliphatic heterocycles. The fourth-order valence-corrected chi connectivity index (χ4v) is 9.04. The Labute approximate surface area is 105 Å². The zero-order valence-corrected chi connectivity index (χ0v) is 16.1. The molecule has 0 spiro atoms. The molecule has 0 rings (SSSR count). The third-order valence-corrected chi connectivity index (χ3v) is 11.4. The second kappa shape index (κ2) is 10.7. The van der Waals surface area contributed by atoms with Gasteiger partial charge in [0.1, 0.15) is 0 Å². The summed E-state index contributed by atoms with van der Waals surface area (Å²) in [5.41, 5.74) is 0.